The molecule has 0 aromatic rings. The number of carbonyl (C=O) groups excluding carboxylic acids is 1. The third-order valence-electron chi connectivity index (χ3n) is 5.77. The zero-order valence-electron chi connectivity index (χ0n) is 18.0. The molecule has 2 saturated heterocycles. The van der Waals surface area contributed by atoms with Crippen molar-refractivity contribution in [3.63, 3.8) is 0 Å². The van der Waals surface area contributed by atoms with E-state index in [1.807, 2.05) is 13.8 Å². The monoisotopic (exact) mass is 452 g/mol. The van der Waals surface area contributed by atoms with Gasteiger partial charge >= 0.3 is 0 Å². The van der Waals surface area contributed by atoms with Gasteiger partial charge in [-0.15, -0.1) is 11.8 Å². The van der Waals surface area contributed by atoms with E-state index in [2.05, 4.69) is 10.6 Å². The Bertz CT molecular complexity index is 530. The van der Waals surface area contributed by atoms with Crippen molar-refractivity contribution in [2.75, 3.05) is 26.1 Å². The number of hydrogen-bond donors (Lipinski definition) is 5. The topological polar surface area (TPSA) is 120 Å². The lowest BCUT2D eigenvalue weighted by molar-refractivity contribution is -0.208. The van der Waals surface area contributed by atoms with Crippen molar-refractivity contribution in [2.24, 2.45) is 5.92 Å². The molecule has 30 heavy (non-hydrogen) atoms. The Morgan fingerprint density at radius 2 is 2.00 bits per heavy atom. The Kier molecular flexibility index (Phi) is 10.8. The molecule has 8 unspecified atom stereocenters. The molecule has 0 radical (unpaired) electrons. The molecule has 0 bridgehead atoms. The first-order valence-corrected chi connectivity index (χ1v) is 12.0. The second-order valence-electron chi connectivity index (χ2n) is 8.37. The minimum Gasteiger partial charge on any atom is -0.388 e. The Balaban J connectivity index is 1.97. The molecular formula is C20H37FN2O6S. The number of hydrogen-bond acceptors (Lipinski definition) is 8. The van der Waals surface area contributed by atoms with Crippen molar-refractivity contribution >= 4 is 17.7 Å². The molecular weight excluding hydrogens is 415 g/mol. The molecule has 8 nitrogen and oxygen atoms in total. The van der Waals surface area contributed by atoms with Gasteiger partial charge in [0.15, 0.2) is 0 Å². The van der Waals surface area contributed by atoms with E-state index in [1.54, 1.807) is 6.26 Å². The molecule has 0 aromatic carbocycles. The van der Waals surface area contributed by atoms with Crippen LogP contribution in [-0.2, 0) is 14.3 Å². The number of halogens is 1. The van der Waals surface area contributed by atoms with Crippen LogP contribution in [0.25, 0.3) is 0 Å². The lowest BCUT2D eigenvalue weighted by Gasteiger charge is -2.44. The standard InChI is InChI=1S/C20H37FN2O6S/c1-11(2)14(18-16(25)15(24)17(26)20(29-18)30-3)23-19(27)13-10-12(6-8-22-13)28-9-5-4-7-21/h11-18,20,22,24-26H,4-10H2,1-3H3,(H,23,27). The summed E-state index contributed by atoms with van der Waals surface area (Å²) in [5.41, 5.74) is -0.693. The highest BCUT2D eigenvalue weighted by atomic mass is 32.2. The summed E-state index contributed by atoms with van der Waals surface area (Å²) in [5.74, 6) is -0.294. The second-order valence-corrected chi connectivity index (χ2v) is 9.31. The first-order valence-electron chi connectivity index (χ1n) is 10.7. The number of aliphatic hydroxyl groups is 3. The highest BCUT2D eigenvalue weighted by Gasteiger charge is 2.47. The second kappa shape index (κ2) is 12.5. The number of amides is 1. The van der Waals surface area contributed by atoms with Crippen molar-refractivity contribution in [2.45, 2.75) is 87.6 Å². The Hall–Kier alpha value is -0.490. The molecule has 2 rings (SSSR count). The minimum absolute atomic E-state index is 0.0616. The number of unbranched alkanes of at least 4 members (excludes halogenated alkanes) is 1. The van der Waals surface area contributed by atoms with Crippen molar-refractivity contribution in [1.29, 1.82) is 0 Å². The van der Waals surface area contributed by atoms with Crippen LogP contribution in [0.1, 0.15) is 39.5 Å². The van der Waals surface area contributed by atoms with Crippen molar-refractivity contribution in [3.8, 4) is 0 Å². The average Bonchev–Trinajstić information content (AvgIpc) is 2.74. The van der Waals surface area contributed by atoms with E-state index < -0.39 is 41.9 Å². The summed E-state index contributed by atoms with van der Waals surface area (Å²) in [5, 5.41) is 37.0. The normalized spacial score (nSPS) is 35.9. The van der Waals surface area contributed by atoms with Gasteiger partial charge in [-0.25, -0.2) is 0 Å². The summed E-state index contributed by atoms with van der Waals surface area (Å²) in [4.78, 5) is 12.9. The maximum atomic E-state index is 12.9. The number of rotatable bonds is 10. The number of alkyl halides is 1. The molecule has 2 fully saturated rings. The zero-order chi connectivity index (χ0) is 22.3. The quantitative estimate of drug-likeness (QED) is 0.298. The number of aliphatic hydroxyl groups excluding tert-OH is 3. The Morgan fingerprint density at radius 1 is 1.27 bits per heavy atom. The van der Waals surface area contributed by atoms with Crippen LogP contribution >= 0.6 is 11.8 Å². The van der Waals surface area contributed by atoms with Crippen LogP contribution in [-0.4, -0.2) is 95.3 Å². The predicted octanol–water partition coefficient (Wildman–Crippen LogP) is 0.185. The van der Waals surface area contributed by atoms with E-state index in [4.69, 9.17) is 9.47 Å². The number of ether oxygens (including phenoxy) is 2. The van der Waals surface area contributed by atoms with Gasteiger partial charge in [0.2, 0.25) is 5.91 Å². The van der Waals surface area contributed by atoms with Crippen LogP contribution in [0.15, 0.2) is 0 Å². The first-order chi connectivity index (χ1) is 14.3. The first kappa shape index (κ1) is 25.8. The minimum atomic E-state index is -1.35. The van der Waals surface area contributed by atoms with Crippen LogP contribution in [0, 0.1) is 5.92 Å². The fourth-order valence-electron chi connectivity index (χ4n) is 3.94. The third-order valence-corrected chi connectivity index (χ3v) is 6.63. The summed E-state index contributed by atoms with van der Waals surface area (Å²) < 4.78 is 23.9. The summed E-state index contributed by atoms with van der Waals surface area (Å²) >= 11 is 1.24. The van der Waals surface area contributed by atoms with Gasteiger partial charge in [-0.3, -0.25) is 9.18 Å². The summed E-state index contributed by atoms with van der Waals surface area (Å²) in [6.07, 6.45) is -0.596. The average molecular weight is 453 g/mol. The van der Waals surface area contributed by atoms with E-state index in [0.717, 1.165) is 6.42 Å². The van der Waals surface area contributed by atoms with E-state index in [1.165, 1.54) is 11.8 Å². The lowest BCUT2D eigenvalue weighted by atomic mass is 9.88. The maximum absolute atomic E-state index is 12.9. The summed E-state index contributed by atoms with van der Waals surface area (Å²) in [6, 6.07) is -0.990. The smallest absolute Gasteiger partial charge is 0.237 e. The molecule has 2 aliphatic heterocycles. The van der Waals surface area contributed by atoms with Crippen molar-refractivity contribution in [3.05, 3.63) is 0 Å². The highest BCUT2D eigenvalue weighted by molar-refractivity contribution is 7.99. The molecule has 0 aromatic heterocycles. The van der Waals surface area contributed by atoms with Gasteiger partial charge in [-0.1, -0.05) is 13.8 Å². The van der Waals surface area contributed by atoms with Gasteiger partial charge in [-0.2, -0.15) is 0 Å². The fraction of sp³-hybridized carbons (Fsp3) is 0.950. The third kappa shape index (κ3) is 6.75. The van der Waals surface area contributed by atoms with Crippen LogP contribution in [0.2, 0.25) is 0 Å². The SMILES string of the molecule is CSC1OC(C(NC(=O)C2CC(OCCCCF)CCN2)C(C)C)C(O)C(O)C1O. The van der Waals surface area contributed by atoms with Crippen molar-refractivity contribution < 1.29 is 34.0 Å². The van der Waals surface area contributed by atoms with Crippen LogP contribution in [0.3, 0.4) is 0 Å². The summed E-state index contributed by atoms with van der Waals surface area (Å²) in [6.45, 7) is 4.57. The number of thioether (sulfide) groups is 1. The molecule has 10 heteroatoms. The summed E-state index contributed by atoms with van der Waals surface area (Å²) in [7, 11) is 0. The van der Waals surface area contributed by atoms with Crippen molar-refractivity contribution in [1.82, 2.24) is 10.6 Å². The lowest BCUT2D eigenvalue weighted by Crippen LogP contribution is -2.65. The number of nitrogens with one attached hydrogen (secondary N) is 2. The molecule has 176 valence electrons. The molecule has 8 atom stereocenters. The molecule has 0 aliphatic carbocycles. The van der Waals surface area contributed by atoms with Gasteiger partial charge in [0.25, 0.3) is 0 Å². The van der Waals surface area contributed by atoms with E-state index >= 15 is 0 Å². The van der Waals surface area contributed by atoms with Crippen LogP contribution < -0.4 is 10.6 Å². The molecule has 2 aliphatic rings. The Morgan fingerprint density at radius 3 is 2.63 bits per heavy atom. The van der Waals surface area contributed by atoms with Gasteiger partial charge in [0, 0.05) is 6.61 Å². The van der Waals surface area contributed by atoms with Gasteiger partial charge in [0.05, 0.1) is 24.9 Å². The van der Waals surface area contributed by atoms with Crippen LogP contribution in [0.4, 0.5) is 4.39 Å². The van der Waals surface area contributed by atoms with E-state index in [9.17, 15) is 24.5 Å². The Labute approximate surface area is 182 Å². The number of piperidine rings is 1. The molecule has 1 amide bonds. The van der Waals surface area contributed by atoms with Gasteiger partial charge < -0.3 is 35.4 Å². The van der Waals surface area contributed by atoms with Crippen LogP contribution in [0.5, 0.6) is 0 Å². The number of carbonyl (C=O) groups is 1. The van der Waals surface area contributed by atoms with E-state index in [0.29, 0.717) is 32.4 Å². The molecule has 0 saturated carbocycles. The molecule has 5 N–H and O–H groups in total. The largest absolute Gasteiger partial charge is 0.388 e. The molecule has 2 heterocycles. The maximum Gasteiger partial charge on any atom is 0.237 e. The van der Waals surface area contributed by atoms with E-state index in [-0.39, 0.29) is 24.6 Å². The predicted molar refractivity (Wildman–Crippen MR) is 113 cm³/mol. The molecule has 0 spiro atoms. The zero-order valence-corrected chi connectivity index (χ0v) is 18.8. The van der Waals surface area contributed by atoms with Gasteiger partial charge in [-0.05, 0) is 44.4 Å². The fourth-order valence-corrected chi connectivity index (χ4v) is 4.62. The highest BCUT2D eigenvalue weighted by Crippen LogP contribution is 2.30. The van der Waals surface area contributed by atoms with Gasteiger partial charge in [0.1, 0.15) is 29.9 Å².